The first-order chi connectivity index (χ1) is 8.61. The van der Waals surface area contributed by atoms with Gasteiger partial charge in [-0.1, -0.05) is 25.4 Å². The summed E-state index contributed by atoms with van der Waals surface area (Å²) in [5, 5.41) is 3.74. The number of hydrogen-bond acceptors (Lipinski definition) is 4. The van der Waals surface area contributed by atoms with Crippen molar-refractivity contribution in [3.8, 4) is 0 Å². The largest absolute Gasteiger partial charge is 0.382 e. The van der Waals surface area contributed by atoms with E-state index in [1.165, 1.54) is 0 Å². The van der Waals surface area contributed by atoms with Crippen LogP contribution in [0.25, 0.3) is 0 Å². The van der Waals surface area contributed by atoms with Gasteiger partial charge in [0.15, 0.2) is 0 Å². The molecule has 0 saturated carbocycles. The monoisotopic (exact) mass is 271 g/mol. The molecule has 0 aromatic carbocycles. The van der Waals surface area contributed by atoms with Crippen LogP contribution in [0.15, 0.2) is 6.07 Å². The Morgan fingerprint density at radius 1 is 1.39 bits per heavy atom. The second kappa shape index (κ2) is 8.27. The van der Waals surface area contributed by atoms with Crippen molar-refractivity contribution in [2.24, 2.45) is 5.92 Å². The summed E-state index contributed by atoms with van der Waals surface area (Å²) in [5.41, 5.74) is 0. The molecule has 0 bridgehead atoms. The lowest BCUT2D eigenvalue weighted by molar-refractivity contribution is 0.147. The third-order valence-electron chi connectivity index (χ3n) is 2.31. The first-order valence-electron chi connectivity index (χ1n) is 6.47. The summed E-state index contributed by atoms with van der Waals surface area (Å²) >= 11 is 5.98. The highest BCUT2D eigenvalue weighted by Crippen LogP contribution is 2.13. The van der Waals surface area contributed by atoms with Gasteiger partial charge < -0.3 is 10.1 Å². The van der Waals surface area contributed by atoms with Gasteiger partial charge in [-0.15, -0.1) is 0 Å². The van der Waals surface area contributed by atoms with Gasteiger partial charge in [0, 0.05) is 32.2 Å². The quantitative estimate of drug-likeness (QED) is 0.583. The van der Waals surface area contributed by atoms with Crippen molar-refractivity contribution in [3.05, 3.63) is 17.0 Å². The molecule has 4 nitrogen and oxygen atoms in total. The molecule has 1 heterocycles. The Hall–Kier alpha value is -0.870. The molecule has 0 radical (unpaired) electrons. The molecule has 102 valence electrons. The molecule has 0 atom stereocenters. The van der Waals surface area contributed by atoms with Gasteiger partial charge in [-0.25, -0.2) is 9.97 Å². The average molecular weight is 272 g/mol. The van der Waals surface area contributed by atoms with Crippen molar-refractivity contribution in [1.29, 1.82) is 0 Å². The van der Waals surface area contributed by atoms with Crippen LogP contribution in [0.5, 0.6) is 0 Å². The Labute approximate surface area is 114 Å². The number of halogens is 1. The van der Waals surface area contributed by atoms with Gasteiger partial charge in [-0.05, 0) is 19.3 Å². The molecule has 1 aromatic heterocycles. The van der Waals surface area contributed by atoms with E-state index in [4.69, 9.17) is 16.3 Å². The highest BCUT2D eigenvalue weighted by molar-refractivity contribution is 6.29. The number of rotatable bonds is 8. The zero-order valence-corrected chi connectivity index (χ0v) is 12.1. The Balaban J connectivity index is 2.46. The lowest BCUT2D eigenvalue weighted by atomic mass is 10.1. The van der Waals surface area contributed by atoms with Crippen LogP contribution in [0, 0.1) is 5.92 Å². The van der Waals surface area contributed by atoms with E-state index in [0.717, 1.165) is 44.2 Å². The van der Waals surface area contributed by atoms with Crippen molar-refractivity contribution >= 4 is 17.4 Å². The number of anilines is 1. The molecule has 0 aliphatic rings. The second-order valence-electron chi connectivity index (χ2n) is 4.57. The van der Waals surface area contributed by atoms with Gasteiger partial charge >= 0.3 is 0 Å². The molecular weight excluding hydrogens is 250 g/mol. The van der Waals surface area contributed by atoms with Crippen molar-refractivity contribution in [2.45, 2.75) is 33.6 Å². The van der Waals surface area contributed by atoms with Crippen LogP contribution in [-0.2, 0) is 11.2 Å². The zero-order chi connectivity index (χ0) is 13.4. The Morgan fingerprint density at radius 2 is 2.17 bits per heavy atom. The lowest BCUT2D eigenvalue weighted by Crippen LogP contribution is -2.09. The minimum atomic E-state index is 0.493. The summed E-state index contributed by atoms with van der Waals surface area (Å²) < 4.78 is 5.27. The van der Waals surface area contributed by atoms with Crippen LogP contribution >= 0.6 is 11.6 Å². The molecule has 5 heteroatoms. The van der Waals surface area contributed by atoms with Crippen molar-refractivity contribution in [2.75, 3.05) is 25.1 Å². The van der Waals surface area contributed by atoms with Gasteiger partial charge in [-0.3, -0.25) is 0 Å². The van der Waals surface area contributed by atoms with Crippen LogP contribution in [-0.4, -0.2) is 29.7 Å². The van der Waals surface area contributed by atoms with E-state index < -0.39 is 0 Å². The molecule has 18 heavy (non-hydrogen) atoms. The van der Waals surface area contributed by atoms with Gasteiger partial charge in [0.25, 0.3) is 0 Å². The molecule has 0 saturated heterocycles. The third-order valence-corrected chi connectivity index (χ3v) is 2.50. The summed E-state index contributed by atoms with van der Waals surface area (Å²) in [6.45, 7) is 8.63. The number of nitrogens with zero attached hydrogens (tertiary/aromatic N) is 2. The van der Waals surface area contributed by atoms with Crippen LogP contribution in [0.2, 0.25) is 5.15 Å². The Kier molecular flexibility index (Phi) is 6.98. The first-order valence-corrected chi connectivity index (χ1v) is 6.84. The van der Waals surface area contributed by atoms with E-state index in [0.29, 0.717) is 11.1 Å². The number of aromatic nitrogens is 2. The number of hydrogen-bond donors (Lipinski definition) is 1. The van der Waals surface area contributed by atoms with E-state index in [1.807, 2.05) is 6.92 Å². The van der Waals surface area contributed by atoms with Gasteiger partial charge in [-0.2, -0.15) is 0 Å². The van der Waals surface area contributed by atoms with E-state index in [1.54, 1.807) is 6.07 Å². The molecule has 0 amide bonds. The maximum atomic E-state index is 5.98. The van der Waals surface area contributed by atoms with E-state index in [9.17, 15) is 0 Å². The second-order valence-corrected chi connectivity index (χ2v) is 4.95. The molecule has 0 aliphatic heterocycles. The number of nitrogens with one attached hydrogen (secondary N) is 1. The molecule has 0 spiro atoms. The highest BCUT2D eigenvalue weighted by Gasteiger charge is 2.05. The van der Waals surface area contributed by atoms with Crippen molar-refractivity contribution < 1.29 is 4.74 Å². The van der Waals surface area contributed by atoms with Crippen LogP contribution < -0.4 is 5.32 Å². The smallest absolute Gasteiger partial charge is 0.134 e. The average Bonchev–Trinajstić information content (AvgIpc) is 2.27. The first kappa shape index (κ1) is 15.2. The van der Waals surface area contributed by atoms with E-state index in [2.05, 4.69) is 29.1 Å². The molecule has 1 aromatic rings. The van der Waals surface area contributed by atoms with Crippen LogP contribution in [0.3, 0.4) is 0 Å². The molecule has 1 N–H and O–H groups in total. The van der Waals surface area contributed by atoms with Crippen molar-refractivity contribution in [1.82, 2.24) is 9.97 Å². The standard InChI is InChI=1S/C13H22ClN3O/c1-4-18-7-5-6-15-12-9-11(14)16-13(17-12)8-10(2)3/h9-10H,4-8H2,1-3H3,(H,15,16,17). The third kappa shape index (κ3) is 6.17. The van der Waals surface area contributed by atoms with E-state index in [-0.39, 0.29) is 0 Å². The summed E-state index contributed by atoms with van der Waals surface area (Å²) in [7, 11) is 0. The van der Waals surface area contributed by atoms with Crippen LogP contribution in [0.1, 0.15) is 33.0 Å². The number of ether oxygens (including phenoxy) is 1. The summed E-state index contributed by atoms with van der Waals surface area (Å²) in [6, 6.07) is 1.76. The van der Waals surface area contributed by atoms with Gasteiger partial charge in [0.05, 0.1) is 0 Å². The summed E-state index contributed by atoms with van der Waals surface area (Å²) in [5.74, 6) is 2.11. The van der Waals surface area contributed by atoms with Gasteiger partial charge in [0.2, 0.25) is 0 Å². The SMILES string of the molecule is CCOCCCNc1cc(Cl)nc(CC(C)C)n1. The normalized spacial score (nSPS) is 10.9. The predicted molar refractivity (Wildman–Crippen MR) is 75.2 cm³/mol. The lowest BCUT2D eigenvalue weighted by Gasteiger charge is -2.09. The molecule has 0 fully saturated rings. The van der Waals surface area contributed by atoms with Crippen molar-refractivity contribution in [3.63, 3.8) is 0 Å². The molecule has 0 unspecified atom stereocenters. The Morgan fingerprint density at radius 3 is 2.83 bits per heavy atom. The maximum absolute atomic E-state index is 5.98. The fourth-order valence-electron chi connectivity index (χ4n) is 1.55. The maximum Gasteiger partial charge on any atom is 0.134 e. The fourth-order valence-corrected chi connectivity index (χ4v) is 1.75. The highest BCUT2D eigenvalue weighted by atomic mass is 35.5. The molecule has 1 rings (SSSR count). The minimum absolute atomic E-state index is 0.493. The summed E-state index contributed by atoms with van der Waals surface area (Å²) in [6.07, 6.45) is 1.79. The minimum Gasteiger partial charge on any atom is -0.382 e. The fraction of sp³-hybridized carbons (Fsp3) is 0.692. The van der Waals surface area contributed by atoms with Crippen LogP contribution in [0.4, 0.5) is 5.82 Å². The van der Waals surface area contributed by atoms with E-state index >= 15 is 0 Å². The summed E-state index contributed by atoms with van der Waals surface area (Å²) in [4.78, 5) is 8.67. The topological polar surface area (TPSA) is 47.0 Å². The Bertz CT molecular complexity index is 358. The van der Waals surface area contributed by atoms with Gasteiger partial charge in [0.1, 0.15) is 16.8 Å². The predicted octanol–water partition coefficient (Wildman–Crippen LogP) is 3.17. The zero-order valence-electron chi connectivity index (χ0n) is 11.4. The molecular formula is C13H22ClN3O. The molecule has 0 aliphatic carbocycles.